The standard InChI is InChI=1S/C8H14N2O2/c11-2-1-10-8(12)7-5-3-9-4-6(5)7/h5-7,9,11H,1-4H2,(H,10,12)/t5-,6+,7?. The van der Waals surface area contributed by atoms with Crippen LogP contribution < -0.4 is 10.6 Å². The number of fused-ring (bicyclic) bond motifs is 1. The van der Waals surface area contributed by atoms with Gasteiger partial charge in [0.25, 0.3) is 0 Å². The molecule has 4 nitrogen and oxygen atoms in total. The smallest absolute Gasteiger partial charge is 0.223 e. The van der Waals surface area contributed by atoms with Gasteiger partial charge in [0.15, 0.2) is 0 Å². The zero-order chi connectivity index (χ0) is 8.55. The molecule has 1 aliphatic heterocycles. The van der Waals surface area contributed by atoms with E-state index in [2.05, 4.69) is 10.6 Å². The summed E-state index contributed by atoms with van der Waals surface area (Å²) in [7, 11) is 0. The molecule has 0 radical (unpaired) electrons. The van der Waals surface area contributed by atoms with E-state index in [1.54, 1.807) is 0 Å². The van der Waals surface area contributed by atoms with Crippen LogP contribution >= 0.6 is 0 Å². The van der Waals surface area contributed by atoms with Gasteiger partial charge >= 0.3 is 0 Å². The number of hydrogen-bond donors (Lipinski definition) is 3. The van der Waals surface area contributed by atoms with Gasteiger partial charge in [-0.05, 0) is 24.9 Å². The van der Waals surface area contributed by atoms with E-state index in [0.717, 1.165) is 13.1 Å². The lowest BCUT2D eigenvalue weighted by molar-refractivity contribution is -0.123. The van der Waals surface area contributed by atoms with Gasteiger partial charge in [-0.3, -0.25) is 4.79 Å². The average molecular weight is 170 g/mol. The molecule has 0 spiro atoms. The second-order valence-corrected chi connectivity index (χ2v) is 3.53. The first-order chi connectivity index (χ1) is 5.84. The number of nitrogens with one attached hydrogen (secondary N) is 2. The molecule has 3 atom stereocenters. The number of piperidine rings is 1. The number of carbonyl (C=O) groups excluding carboxylic acids is 1. The first-order valence-electron chi connectivity index (χ1n) is 4.44. The lowest BCUT2D eigenvalue weighted by atomic mass is 10.2. The summed E-state index contributed by atoms with van der Waals surface area (Å²) in [5.41, 5.74) is 0. The van der Waals surface area contributed by atoms with Crippen LogP contribution in [0.25, 0.3) is 0 Å². The van der Waals surface area contributed by atoms with Gasteiger partial charge in [0.1, 0.15) is 0 Å². The van der Waals surface area contributed by atoms with Crippen molar-refractivity contribution in [1.29, 1.82) is 0 Å². The number of rotatable bonds is 3. The van der Waals surface area contributed by atoms with Crippen LogP contribution in [0.2, 0.25) is 0 Å². The van der Waals surface area contributed by atoms with Gasteiger partial charge in [0, 0.05) is 12.5 Å². The fraction of sp³-hybridized carbons (Fsp3) is 0.875. The molecule has 2 rings (SSSR count). The highest BCUT2D eigenvalue weighted by atomic mass is 16.3. The maximum absolute atomic E-state index is 11.3. The molecule has 1 saturated heterocycles. The lowest BCUT2D eigenvalue weighted by Crippen LogP contribution is -2.31. The van der Waals surface area contributed by atoms with Gasteiger partial charge in [0.2, 0.25) is 5.91 Å². The monoisotopic (exact) mass is 170 g/mol. The average Bonchev–Trinajstić information content (AvgIpc) is 2.56. The summed E-state index contributed by atoms with van der Waals surface area (Å²) in [6.07, 6.45) is 0. The van der Waals surface area contributed by atoms with E-state index in [1.165, 1.54) is 0 Å². The van der Waals surface area contributed by atoms with Crippen molar-refractivity contribution >= 4 is 5.91 Å². The van der Waals surface area contributed by atoms with E-state index in [-0.39, 0.29) is 18.4 Å². The first kappa shape index (κ1) is 8.01. The molecule has 2 fully saturated rings. The number of carbonyl (C=O) groups is 1. The van der Waals surface area contributed by atoms with Crippen molar-refractivity contribution in [2.75, 3.05) is 26.2 Å². The Hall–Kier alpha value is -0.610. The molecule has 2 aliphatic rings. The molecule has 0 aromatic carbocycles. The van der Waals surface area contributed by atoms with E-state index in [9.17, 15) is 4.79 Å². The topological polar surface area (TPSA) is 61.4 Å². The second-order valence-electron chi connectivity index (χ2n) is 3.53. The van der Waals surface area contributed by atoms with Crippen LogP contribution in [-0.4, -0.2) is 37.3 Å². The Balaban J connectivity index is 1.76. The molecule has 1 heterocycles. The largest absolute Gasteiger partial charge is 0.395 e. The summed E-state index contributed by atoms with van der Waals surface area (Å²) in [5, 5.41) is 14.4. The van der Waals surface area contributed by atoms with Crippen LogP contribution in [0.4, 0.5) is 0 Å². The highest BCUT2D eigenvalue weighted by Gasteiger charge is 2.56. The fourth-order valence-electron chi connectivity index (χ4n) is 2.10. The molecule has 3 N–H and O–H groups in total. The van der Waals surface area contributed by atoms with E-state index < -0.39 is 0 Å². The van der Waals surface area contributed by atoms with E-state index in [1.807, 2.05) is 0 Å². The maximum atomic E-state index is 11.3. The lowest BCUT2D eigenvalue weighted by Gasteiger charge is -2.04. The highest BCUT2D eigenvalue weighted by Crippen LogP contribution is 2.48. The third-order valence-corrected chi connectivity index (χ3v) is 2.81. The molecule has 4 heteroatoms. The van der Waals surface area contributed by atoms with Gasteiger partial charge in [-0.2, -0.15) is 0 Å². The molecule has 1 saturated carbocycles. The maximum Gasteiger partial charge on any atom is 0.223 e. The Morgan fingerprint density at radius 1 is 1.50 bits per heavy atom. The molecule has 0 aromatic heterocycles. The number of aliphatic hydroxyl groups excluding tert-OH is 1. The summed E-state index contributed by atoms with van der Waals surface area (Å²) in [6.45, 7) is 2.40. The fourth-order valence-corrected chi connectivity index (χ4v) is 2.10. The third-order valence-electron chi connectivity index (χ3n) is 2.81. The first-order valence-corrected chi connectivity index (χ1v) is 4.44. The zero-order valence-corrected chi connectivity index (χ0v) is 6.92. The molecule has 1 aliphatic carbocycles. The van der Waals surface area contributed by atoms with Crippen molar-refractivity contribution in [2.24, 2.45) is 17.8 Å². The molecule has 0 bridgehead atoms. The van der Waals surface area contributed by atoms with Gasteiger partial charge < -0.3 is 15.7 Å². The van der Waals surface area contributed by atoms with Gasteiger partial charge in [-0.15, -0.1) is 0 Å². The van der Waals surface area contributed by atoms with Crippen molar-refractivity contribution in [2.45, 2.75) is 0 Å². The summed E-state index contributed by atoms with van der Waals surface area (Å²) in [6, 6.07) is 0. The summed E-state index contributed by atoms with van der Waals surface area (Å²) >= 11 is 0. The Morgan fingerprint density at radius 3 is 2.75 bits per heavy atom. The molecule has 12 heavy (non-hydrogen) atoms. The van der Waals surface area contributed by atoms with Gasteiger partial charge in [0.05, 0.1) is 6.61 Å². The Labute approximate surface area is 71.3 Å². The Bertz CT molecular complexity index is 185. The quantitative estimate of drug-likeness (QED) is 0.486. The predicted molar refractivity (Wildman–Crippen MR) is 43.4 cm³/mol. The zero-order valence-electron chi connectivity index (χ0n) is 6.92. The number of amides is 1. The molecular weight excluding hydrogens is 156 g/mol. The number of aliphatic hydroxyl groups is 1. The summed E-state index contributed by atoms with van der Waals surface area (Å²) in [4.78, 5) is 11.3. The van der Waals surface area contributed by atoms with E-state index >= 15 is 0 Å². The predicted octanol–water partition coefficient (Wildman–Crippen LogP) is -1.44. The Morgan fingerprint density at radius 2 is 2.17 bits per heavy atom. The SMILES string of the molecule is O=C(NCCO)C1[C@H]2CNC[C@@H]12. The van der Waals surface area contributed by atoms with Crippen molar-refractivity contribution in [3.8, 4) is 0 Å². The van der Waals surface area contributed by atoms with E-state index in [4.69, 9.17) is 5.11 Å². The van der Waals surface area contributed by atoms with E-state index in [0.29, 0.717) is 18.4 Å². The normalized spacial score (nSPS) is 37.6. The Kier molecular flexibility index (Phi) is 2.02. The molecule has 1 unspecified atom stereocenters. The molecule has 68 valence electrons. The third kappa shape index (κ3) is 1.21. The van der Waals surface area contributed by atoms with Crippen LogP contribution in [-0.2, 0) is 4.79 Å². The van der Waals surface area contributed by atoms with Gasteiger partial charge in [-0.1, -0.05) is 0 Å². The minimum atomic E-state index is 0.0338. The van der Waals surface area contributed by atoms with Crippen molar-refractivity contribution in [1.82, 2.24) is 10.6 Å². The van der Waals surface area contributed by atoms with Gasteiger partial charge in [-0.25, -0.2) is 0 Å². The van der Waals surface area contributed by atoms with Crippen LogP contribution in [0.5, 0.6) is 0 Å². The second kappa shape index (κ2) is 3.03. The van der Waals surface area contributed by atoms with Crippen LogP contribution in [0.1, 0.15) is 0 Å². The minimum absolute atomic E-state index is 0.0338. The molecule has 1 amide bonds. The van der Waals surface area contributed by atoms with Crippen molar-refractivity contribution < 1.29 is 9.90 Å². The van der Waals surface area contributed by atoms with Crippen molar-refractivity contribution in [3.63, 3.8) is 0 Å². The van der Waals surface area contributed by atoms with Crippen LogP contribution in [0.15, 0.2) is 0 Å². The highest BCUT2D eigenvalue weighted by molar-refractivity contribution is 5.82. The number of hydrogen-bond acceptors (Lipinski definition) is 3. The van der Waals surface area contributed by atoms with Crippen LogP contribution in [0, 0.1) is 17.8 Å². The molecular formula is C8H14N2O2. The molecule has 0 aromatic rings. The van der Waals surface area contributed by atoms with Crippen molar-refractivity contribution in [3.05, 3.63) is 0 Å². The minimum Gasteiger partial charge on any atom is -0.395 e. The van der Waals surface area contributed by atoms with Crippen LogP contribution in [0.3, 0.4) is 0 Å². The summed E-state index contributed by atoms with van der Waals surface area (Å²) in [5.74, 6) is 1.51. The summed E-state index contributed by atoms with van der Waals surface area (Å²) < 4.78 is 0.